The van der Waals surface area contributed by atoms with Crippen molar-refractivity contribution in [2.24, 2.45) is 0 Å². The van der Waals surface area contributed by atoms with Crippen LogP contribution in [0.4, 0.5) is 4.39 Å². The van der Waals surface area contributed by atoms with Crippen molar-refractivity contribution in [3.8, 4) is 0 Å². The van der Waals surface area contributed by atoms with E-state index in [1.165, 1.54) is 12.1 Å². The van der Waals surface area contributed by atoms with E-state index >= 15 is 0 Å². The van der Waals surface area contributed by atoms with E-state index in [0.717, 1.165) is 6.07 Å². The van der Waals surface area contributed by atoms with Gasteiger partial charge in [-0.1, -0.05) is 6.07 Å². The number of hydroxylamine groups is 1. The highest BCUT2D eigenvalue weighted by atomic mass is 19.1. The summed E-state index contributed by atoms with van der Waals surface area (Å²) in [7, 11) is 0. The predicted molar refractivity (Wildman–Crippen MR) is 45.2 cm³/mol. The van der Waals surface area contributed by atoms with Crippen LogP contribution in [0.2, 0.25) is 0 Å². The SMILES string of the molecule is O=C(O)CONC(=O)c1cccc(F)n1. The molecule has 1 heterocycles. The fourth-order valence-corrected chi connectivity index (χ4v) is 0.750. The van der Waals surface area contributed by atoms with E-state index in [1.54, 1.807) is 0 Å². The van der Waals surface area contributed by atoms with Gasteiger partial charge in [-0.25, -0.2) is 15.3 Å². The summed E-state index contributed by atoms with van der Waals surface area (Å²) in [6.45, 7) is -0.680. The Kier molecular flexibility index (Phi) is 3.69. The van der Waals surface area contributed by atoms with Crippen LogP contribution in [0.3, 0.4) is 0 Å². The van der Waals surface area contributed by atoms with Crippen LogP contribution in [0, 0.1) is 5.95 Å². The van der Waals surface area contributed by atoms with Crippen molar-refractivity contribution < 1.29 is 23.9 Å². The van der Waals surface area contributed by atoms with Gasteiger partial charge in [-0.15, -0.1) is 0 Å². The zero-order valence-corrected chi connectivity index (χ0v) is 7.44. The van der Waals surface area contributed by atoms with Gasteiger partial charge >= 0.3 is 5.97 Å². The number of pyridine rings is 1. The molecule has 0 aliphatic heterocycles. The van der Waals surface area contributed by atoms with Gasteiger partial charge in [0, 0.05) is 0 Å². The van der Waals surface area contributed by atoms with Crippen molar-refractivity contribution in [1.29, 1.82) is 0 Å². The molecule has 1 rings (SSSR count). The summed E-state index contributed by atoms with van der Waals surface area (Å²) in [5.41, 5.74) is 1.61. The molecule has 1 amide bonds. The van der Waals surface area contributed by atoms with Crippen molar-refractivity contribution in [3.05, 3.63) is 29.8 Å². The normalized spacial score (nSPS) is 9.67. The number of halogens is 1. The lowest BCUT2D eigenvalue weighted by atomic mass is 10.3. The number of hydrogen-bond donors (Lipinski definition) is 2. The summed E-state index contributed by atoms with van der Waals surface area (Å²) >= 11 is 0. The third-order valence-electron chi connectivity index (χ3n) is 1.31. The van der Waals surface area contributed by atoms with Crippen LogP contribution in [-0.4, -0.2) is 28.6 Å². The Morgan fingerprint density at radius 2 is 2.27 bits per heavy atom. The maximum atomic E-state index is 12.6. The molecular formula is C8H7FN2O4. The maximum Gasteiger partial charge on any atom is 0.332 e. The topological polar surface area (TPSA) is 88.5 Å². The number of rotatable bonds is 4. The van der Waals surface area contributed by atoms with Crippen molar-refractivity contribution >= 4 is 11.9 Å². The zero-order valence-electron chi connectivity index (χ0n) is 7.44. The first-order valence-electron chi connectivity index (χ1n) is 3.86. The Bertz CT molecular complexity index is 383. The molecule has 7 heteroatoms. The molecule has 80 valence electrons. The second-order valence-electron chi connectivity index (χ2n) is 2.46. The summed E-state index contributed by atoms with van der Waals surface area (Å²) in [5.74, 6) is -2.85. The average Bonchev–Trinajstić information content (AvgIpc) is 2.17. The lowest BCUT2D eigenvalue weighted by Crippen LogP contribution is -2.27. The van der Waals surface area contributed by atoms with Crippen LogP contribution in [0.15, 0.2) is 18.2 Å². The van der Waals surface area contributed by atoms with Gasteiger partial charge in [0.1, 0.15) is 5.69 Å². The van der Waals surface area contributed by atoms with E-state index in [2.05, 4.69) is 9.82 Å². The van der Waals surface area contributed by atoms with Crippen molar-refractivity contribution in [2.75, 3.05) is 6.61 Å². The Morgan fingerprint density at radius 3 is 2.87 bits per heavy atom. The molecule has 0 fully saturated rings. The standard InChI is InChI=1S/C8H7FN2O4/c9-6-3-1-2-5(10-6)8(14)11-15-4-7(12)13/h1-3H,4H2,(H,11,14)(H,12,13). The van der Waals surface area contributed by atoms with Gasteiger partial charge in [-0.05, 0) is 12.1 Å². The van der Waals surface area contributed by atoms with Crippen molar-refractivity contribution in [3.63, 3.8) is 0 Å². The van der Waals surface area contributed by atoms with Gasteiger partial charge in [0.05, 0.1) is 0 Å². The third-order valence-corrected chi connectivity index (χ3v) is 1.31. The van der Waals surface area contributed by atoms with Gasteiger partial charge < -0.3 is 5.11 Å². The number of nitrogens with zero attached hydrogens (tertiary/aromatic N) is 1. The smallest absolute Gasteiger partial charge is 0.332 e. The number of carbonyl (C=O) groups is 2. The minimum atomic E-state index is -1.23. The highest BCUT2D eigenvalue weighted by Gasteiger charge is 2.08. The Balaban J connectivity index is 2.50. The summed E-state index contributed by atoms with van der Waals surface area (Å²) in [5, 5.41) is 8.19. The van der Waals surface area contributed by atoms with E-state index in [0.29, 0.717) is 0 Å². The largest absolute Gasteiger partial charge is 0.479 e. The molecule has 0 spiro atoms. The number of nitrogens with one attached hydrogen (secondary N) is 1. The van der Waals surface area contributed by atoms with Crippen LogP contribution < -0.4 is 5.48 Å². The first kappa shape index (κ1) is 11.1. The molecule has 0 saturated heterocycles. The Labute approximate surface area is 83.6 Å². The van der Waals surface area contributed by atoms with E-state index in [1.807, 2.05) is 5.48 Å². The number of carbonyl (C=O) groups excluding carboxylic acids is 1. The highest BCUT2D eigenvalue weighted by molar-refractivity contribution is 5.91. The quantitative estimate of drug-likeness (QED) is 0.542. The second-order valence-corrected chi connectivity index (χ2v) is 2.46. The summed E-state index contributed by atoms with van der Waals surface area (Å²) < 4.78 is 12.6. The van der Waals surface area contributed by atoms with Crippen LogP contribution in [-0.2, 0) is 9.63 Å². The fraction of sp³-hybridized carbons (Fsp3) is 0.125. The number of carboxylic acids is 1. The molecule has 15 heavy (non-hydrogen) atoms. The van der Waals surface area contributed by atoms with Gasteiger partial charge in [0.2, 0.25) is 5.95 Å². The Morgan fingerprint density at radius 1 is 1.53 bits per heavy atom. The molecule has 0 aliphatic carbocycles. The van der Waals surface area contributed by atoms with Crippen LogP contribution >= 0.6 is 0 Å². The highest BCUT2D eigenvalue weighted by Crippen LogP contribution is 1.97. The van der Waals surface area contributed by atoms with E-state index in [-0.39, 0.29) is 5.69 Å². The molecular weight excluding hydrogens is 207 g/mol. The van der Waals surface area contributed by atoms with Gasteiger partial charge in [-0.2, -0.15) is 4.39 Å². The first-order chi connectivity index (χ1) is 7.09. The second kappa shape index (κ2) is 5.01. The van der Waals surface area contributed by atoms with E-state index < -0.39 is 24.4 Å². The van der Waals surface area contributed by atoms with Crippen LogP contribution in [0.25, 0.3) is 0 Å². The zero-order chi connectivity index (χ0) is 11.3. The summed E-state index contributed by atoms with van der Waals surface area (Å²) in [6, 6.07) is 3.64. The molecule has 2 N–H and O–H groups in total. The molecule has 0 aliphatic rings. The third kappa shape index (κ3) is 3.69. The summed E-state index contributed by atoms with van der Waals surface area (Å²) in [4.78, 5) is 28.7. The lowest BCUT2D eigenvalue weighted by Gasteiger charge is -2.02. The summed E-state index contributed by atoms with van der Waals surface area (Å²) in [6.07, 6.45) is 0. The minimum Gasteiger partial charge on any atom is -0.479 e. The maximum absolute atomic E-state index is 12.6. The van der Waals surface area contributed by atoms with Crippen LogP contribution in [0.1, 0.15) is 10.5 Å². The van der Waals surface area contributed by atoms with E-state index in [4.69, 9.17) is 5.11 Å². The molecule has 6 nitrogen and oxygen atoms in total. The fourth-order valence-electron chi connectivity index (χ4n) is 0.750. The van der Waals surface area contributed by atoms with Gasteiger partial charge in [0.15, 0.2) is 6.61 Å². The Hall–Kier alpha value is -2.02. The number of aliphatic carboxylic acids is 1. The predicted octanol–water partition coefficient (Wildman–Crippen LogP) is -0.0333. The number of hydrogen-bond acceptors (Lipinski definition) is 4. The number of amides is 1. The first-order valence-corrected chi connectivity index (χ1v) is 3.86. The molecule has 0 unspecified atom stereocenters. The van der Waals surface area contributed by atoms with E-state index in [9.17, 15) is 14.0 Å². The van der Waals surface area contributed by atoms with Crippen molar-refractivity contribution in [2.45, 2.75) is 0 Å². The van der Waals surface area contributed by atoms with Gasteiger partial charge in [-0.3, -0.25) is 9.63 Å². The molecule has 0 atom stereocenters. The molecule has 0 bridgehead atoms. The molecule has 1 aromatic heterocycles. The van der Waals surface area contributed by atoms with Crippen molar-refractivity contribution in [1.82, 2.24) is 10.5 Å². The molecule has 0 radical (unpaired) electrons. The average molecular weight is 214 g/mol. The number of aromatic nitrogens is 1. The van der Waals surface area contributed by atoms with Gasteiger partial charge in [0.25, 0.3) is 5.91 Å². The number of carboxylic acid groups (broad SMARTS) is 1. The lowest BCUT2D eigenvalue weighted by molar-refractivity contribution is -0.144. The molecule has 1 aromatic rings. The molecule has 0 aromatic carbocycles. The molecule has 0 saturated carbocycles. The minimum absolute atomic E-state index is 0.194. The monoisotopic (exact) mass is 214 g/mol. The van der Waals surface area contributed by atoms with Crippen LogP contribution in [0.5, 0.6) is 0 Å².